The summed E-state index contributed by atoms with van der Waals surface area (Å²) < 4.78 is 0. The first-order valence-corrected chi connectivity index (χ1v) is 6.61. The van der Waals surface area contributed by atoms with Crippen LogP contribution in [0.4, 0.5) is 0 Å². The van der Waals surface area contributed by atoms with Crippen molar-refractivity contribution in [1.82, 2.24) is 4.90 Å². The second-order valence-corrected chi connectivity index (χ2v) is 6.31. The quantitative estimate of drug-likeness (QED) is 0.670. The maximum absolute atomic E-state index is 10.8. The molecule has 1 atom stereocenters. The highest BCUT2D eigenvalue weighted by Crippen LogP contribution is 2.33. The van der Waals surface area contributed by atoms with E-state index in [0.29, 0.717) is 11.2 Å². The van der Waals surface area contributed by atoms with E-state index in [1.54, 1.807) is 6.92 Å². The highest BCUT2D eigenvalue weighted by Gasteiger charge is 2.31. The van der Waals surface area contributed by atoms with Crippen LogP contribution in [-0.2, 0) is 4.79 Å². The molecule has 1 saturated heterocycles. The summed E-state index contributed by atoms with van der Waals surface area (Å²) in [7, 11) is 0. The Kier molecular flexibility index (Phi) is 4.97. The maximum atomic E-state index is 10.8. The predicted octanol–water partition coefficient (Wildman–Crippen LogP) is 3.11. The minimum Gasteiger partial charge on any atom is -0.303 e. The number of rotatable bonds is 5. The molecule has 0 aromatic rings. The van der Waals surface area contributed by atoms with Crippen molar-refractivity contribution < 1.29 is 4.79 Å². The predicted molar refractivity (Wildman–Crippen MR) is 68.5 cm³/mol. The molecule has 1 aliphatic heterocycles. The lowest BCUT2D eigenvalue weighted by molar-refractivity contribution is -0.117. The van der Waals surface area contributed by atoms with Crippen LogP contribution in [-0.4, -0.2) is 30.3 Å². The van der Waals surface area contributed by atoms with Crippen LogP contribution in [0.3, 0.4) is 0 Å². The topological polar surface area (TPSA) is 20.3 Å². The minimum atomic E-state index is 0.328. The summed E-state index contributed by atoms with van der Waals surface area (Å²) in [6.07, 6.45) is 4.34. The van der Waals surface area contributed by atoms with Crippen LogP contribution in [0.25, 0.3) is 0 Å². The van der Waals surface area contributed by atoms with Gasteiger partial charge in [0, 0.05) is 13.0 Å². The lowest BCUT2D eigenvalue weighted by Crippen LogP contribution is -2.26. The molecule has 0 aromatic carbocycles. The van der Waals surface area contributed by atoms with Crippen LogP contribution in [0.2, 0.25) is 0 Å². The summed E-state index contributed by atoms with van der Waals surface area (Å²) in [4.78, 5) is 13.4. The van der Waals surface area contributed by atoms with E-state index in [0.717, 1.165) is 18.8 Å². The Morgan fingerprint density at radius 1 is 1.31 bits per heavy atom. The van der Waals surface area contributed by atoms with E-state index in [-0.39, 0.29) is 0 Å². The van der Waals surface area contributed by atoms with E-state index in [2.05, 4.69) is 25.7 Å². The number of hydrogen-bond acceptors (Lipinski definition) is 2. The van der Waals surface area contributed by atoms with Gasteiger partial charge in [0.1, 0.15) is 5.78 Å². The molecule has 0 radical (unpaired) electrons. The Balaban J connectivity index is 2.15. The van der Waals surface area contributed by atoms with Gasteiger partial charge in [-0.1, -0.05) is 20.8 Å². The van der Waals surface area contributed by atoms with Gasteiger partial charge in [0.2, 0.25) is 0 Å². The van der Waals surface area contributed by atoms with Crippen LogP contribution >= 0.6 is 0 Å². The van der Waals surface area contributed by atoms with Crippen molar-refractivity contribution in [3.8, 4) is 0 Å². The van der Waals surface area contributed by atoms with Gasteiger partial charge >= 0.3 is 0 Å². The van der Waals surface area contributed by atoms with Gasteiger partial charge in [-0.2, -0.15) is 0 Å². The second kappa shape index (κ2) is 5.81. The molecule has 1 aliphatic rings. The summed E-state index contributed by atoms with van der Waals surface area (Å²) in [6.45, 7) is 12.4. The molecule has 0 aliphatic carbocycles. The van der Waals surface area contributed by atoms with E-state index >= 15 is 0 Å². The molecule has 94 valence electrons. The van der Waals surface area contributed by atoms with E-state index in [4.69, 9.17) is 0 Å². The third kappa shape index (κ3) is 4.65. The number of unbranched alkanes of at least 4 members (excludes halogenated alkanes) is 1. The summed E-state index contributed by atoms with van der Waals surface area (Å²) >= 11 is 0. The molecule has 1 rings (SSSR count). The molecular weight excluding hydrogens is 198 g/mol. The standard InChI is InChI=1S/C14H27NO/c1-12(16)7-5-6-9-15-10-8-13(11-15)14(2,3)4/h13H,5-11H2,1-4H3. The van der Waals surface area contributed by atoms with Crippen LogP contribution < -0.4 is 0 Å². The van der Waals surface area contributed by atoms with Gasteiger partial charge in [-0.3, -0.25) is 0 Å². The third-order valence-corrected chi connectivity index (χ3v) is 3.75. The minimum absolute atomic E-state index is 0.328. The normalized spacial score (nSPS) is 22.6. The molecule has 2 heteroatoms. The number of hydrogen-bond donors (Lipinski definition) is 0. The highest BCUT2D eigenvalue weighted by molar-refractivity contribution is 5.75. The average Bonchev–Trinajstić information content (AvgIpc) is 2.59. The van der Waals surface area contributed by atoms with Crippen molar-refractivity contribution in [1.29, 1.82) is 0 Å². The number of carbonyl (C=O) groups excluding carboxylic acids is 1. The molecule has 0 amide bonds. The summed E-state index contributed by atoms with van der Waals surface area (Å²) in [5, 5.41) is 0. The van der Waals surface area contributed by atoms with E-state index < -0.39 is 0 Å². The molecule has 1 unspecified atom stereocenters. The SMILES string of the molecule is CC(=O)CCCCN1CCC(C(C)(C)C)C1. The number of ketones is 1. The Morgan fingerprint density at radius 2 is 2.00 bits per heavy atom. The average molecular weight is 225 g/mol. The molecule has 16 heavy (non-hydrogen) atoms. The van der Waals surface area contributed by atoms with Crippen molar-refractivity contribution >= 4 is 5.78 Å². The molecule has 0 bridgehead atoms. The fraction of sp³-hybridized carbons (Fsp3) is 0.929. The second-order valence-electron chi connectivity index (χ2n) is 6.31. The van der Waals surface area contributed by atoms with Crippen molar-refractivity contribution in [2.24, 2.45) is 11.3 Å². The molecular formula is C14H27NO. The summed E-state index contributed by atoms with van der Waals surface area (Å²) in [5.41, 5.74) is 0.453. The first-order valence-electron chi connectivity index (χ1n) is 6.61. The highest BCUT2D eigenvalue weighted by atomic mass is 16.1. The lowest BCUT2D eigenvalue weighted by atomic mass is 9.80. The first kappa shape index (κ1) is 13.7. The van der Waals surface area contributed by atoms with Crippen LogP contribution in [0.5, 0.6) is 0 Å². The van der Waals surface area contributed by atoms with Crippen molar-refractivity contribution in [3.05, 3.63) is 0 Å². The van der Waals surface area contributed by atoms with Crippen LogP contribution in [0, 0.1) is 11.3 Å². The van der Waals surface area contributed by atoms with Gasteiger partial charge in [0.05, 0.1) is 0 Å². The zero-order valence-corrected chi connectivity index (χ0v) is 11.4. The maximum Gasteiger partial charge on any atom is 0.129 e. The fourth-order valence-electron chi connectivity index (χ4n) is 2.45. The molecule has 0 saturated carbocycles. The largest absolute Gasteiger partial charge is 0.303 e. The number of carbonyl (C=O) groups is 1. The fourth-order valence-corrected chi connectivity index (χ4v) is 2.45. The number of likely N-dealkylation sites (tertiary alicyclic amines) is 1. The lowest BCUT2D eigenvalue weighted by Gasteiger charge is -2.27. The zero-order chi connectivity index (χ0) is 12.2. The summed E-state index contributed by atoms with van der Waals surface area (Å²) in [5.74, 6) is 1.18. The Bertz CT molecular complexity index is 229. The number of Topliss-reactive ketones (excluding diaryl/α,β-unsaturated/α-hetero) is 1. The van der Waals surface area contributed by atoms with Gasteiger partial charge in [-0.15, -0.1) is 0 Å². The Hall–Kier alpha value is -0.370. The molecule has 0 spiro atoms. The Labute approximate surface area is 100 Å². The molecule has 2 nitrogen and oxygen atoms in total. The van der Waals surface area contributed by atoms with Crippen LogP contribution in [0.1, 0.15) is 53.4 Å². The van der Waals surface area contributed by atoms with Gasteiger partial charge in [-0.25, -0.2) is 0 Å². The van der Waals surface area contributed by atoms with Gasteiger partial charge < -0.3 is 9.69 Å². The smallest absolute Gasteiger partial charge is 0.129 e. The van der Waals surface area contributed by atoms with Gasteiger partial charge in [0.25, 0.3) is 0 Å². The third-order valence-electron chi connectivity index (χ3n) is 3.75. The van der Waals surface area contributed by atoms with E-state index in [9.17, 15) is 4.79 Å². The molecule has 0 N–H and O–H groups in total. The van der Waals surface area contributed by atoms with Gasteiger partial charge in [-0.05, 0) is 50.6 Å². The van der Waals surface area contributed by atoms with E-state index in [1.807, 2.05) is 0 Å². The number of nitrogens with zero attached hydrogens (tertiary/aromatic N) is 1. The van der Waals surface area contributed by atoms with Gasteiger partial charge in [0.15, 0.2) is 0 Å². The first-order chi connectivity index (χ1) is 7.39. The zero-order valence-electron chi connectivity index (χ0n) is 11.4. The van der Waals surface area contributed by atoms with E-state index in [1.165, 1.54) is 32.5 Å². The molecule has 1 fully saturated rings. The Morgan fingerprint density at radius 3 is 2.50 bits per heavy atom. The monoisotopic (exact) mass is 225 g/mol. The molecule has 0 aromatic heterocycles. The van der Waals surface area contributed by atoms with Crippen molar-refractivity contribution in [2.45, 2.75) is 53.4 Å². The summed E-state index contributed by atoms with van der Waals surface area (Å²) in [6, 6.07) is 0. The molecule has 1 heterocycles. The van der Waals surface area contributed by atoms with Crippen molar-refractivity contribution in [2.75, 3.05) is 19.6 Å². The van der Waals surface area contributed by atoms with Crippen molar-refractivity contribution in [3.63, 3.8) is 0 Å². The van der Waals surface area contributed by atoms with Crippen LogP contribution in [0.15, 0.2) is 0 Å².